The predicted octanol–water partition coefficient (Wildman–Crippen LogP) is 2.76. The number of carbonyl (C=O) groups excluding carboxylic acids is 12. The molecule has 624 valence electrons. The number of aliphatic carboxylic acids is 1. The van der Waals surface area contributed by atoms with Crippen molar-refractivity contribution in [1.29, 1.82) is 0 Å². The lowest BCUT2D eigenvalue weighted by atomic mass is 9.99. The molecule has 0 bridgehead atoms. The van der Waals surface area contributed by atoms with Gasteiger partial charge in [-0.05, 0) is 166 Å². The van der Waals surface area contributed by atoms with Gasteiger partial charge < -0.3 is 90.4 Å². The highest BCUT2D eigenvalue weighted by Gasteiger charge is 2.41. The van der Waals surface area contributed by atoms with Crippen molar-refractivity contribution in [3.63, 3.8) is 0 Å². The fraction of sp³-hybridized carbons (Fsp3) is 0.463. The lowest BCUT2D eigenvalue weighted by Gasteiger charge is -2.31. The first-order chi connectivity index (χ1) is 55.5. The maximum atomic E-state index is 15.2. The Morgan fingerprint density at radius 1 is 0.500 bits per heavy atom. The predicted molar refractivity (Wildman–Crippen MR) is 435 cm³/mol. The minimum Gasteiger partial charge on any atom is -0.480 e. The largest absolute Gasteiger partial charge is 0.480 e. The van der Waals surface area contributed by atoms with Crippen molar-refractivity contribution in [3.8, 4) is 0 Å². The summed E-state index contributed by atoms with van der Waals surface area (Å²) in [6, 6.07) is 15.0. The third-order valence-corrected chi connectivity index (χ3v) is 19.6. The Balaban J connectivity index is 1.16. The van der Waals surface area contributed by atoms with Crippen LogP contribution in [-0.4, -0.2) is 206 Å². The number of benzene rings is 3. The fourth-order valence-electron chi connectivity index (χ4n) is 13.2. The summed E-state index contributed by atoms with van der Waals surface area (Å²) in [4.78, 5) is 197. The summed E-state index contributed by atoms with van der Waals surface area (Å²) in [6.07, 6.45) is 7.37. The van der Waals surface area contributed by atoms with E-state index in [0.717, 1.165) is 10.8 Å². The number of hydrogen-bond donors (Lipinski definition) is 16. The SMILES string of the molecule is CC(=O)N[C@@H](Cc1ccc2ccccc2c1)C(=O)N[C@@H](Cc1ccc(Cl)cc1)C(=O)N[C@@H](Cc1cccnc1)C(=O)N[C@@H](CO)C(=O)N[C@@H](CCCCNC(=O)c1cccnc1N)C(=O)N[C@@H](CCCCNC(=O)c1cccnc1N)C(=O)N[C@@H](CC(C)C)C(=O)N[C@@H](CCCCNC(C)C)C(=O)N1CCC[C@@H]1C(=O)N[C@@H](C)C(=O)O. The summed E-state index contributed by atoms with van der Waals surface area (Å²) in [5.74, 6) is -10.9. The monoisotopic (exact) mass is 1620 g/mol. The molecule has 0 radical (unpaired) electrons. The van der Waals surface area contributed by atoms with Gasteiger partial charge in [0.15, 0.2) is 0 Å². The van der Waals surface area contributed by atoms with E-state index in [1.165, 1.54) is 67.8 Å². The standard InChI is InChI=1S/C82H109ClN18O15/c1-48(2)41-63(75(108)96-62(26-11-12-35-87-49(3)4)81(114)101-40-18-27-68(101)80(113)92-50(5)82(115)116)97-74(107)61(25-10-14-37-91-72(105)59-23-17-39-89-70(59)85)94-73(106)60(24-9-13-36-90-71(104)58-22-16-38-88-69(58)84)95-79(112)67(47-102)100-78(111)66(45-54-19-15-34-86-46-54)99-77(110)65(43-52-29-32-57(83)33-30-52)98-76(109)64(93-51(6)103)44-53-28-31-55-20-7-8-21-56(55)42-53/h7-8,15-17,19-23,28-34,38-39,42,46,48-50,60-68,87,102H,9-14,18,24-27,35-37,40-41,43-45,47H2,1-6H3,(H2,84,88)(H2,85,89)(H,90,104)(H,91,105)(H,92,113)(H,93,103)(H,94,106)(H,95,112)(H,96,108)(H,97,107)(H,98,109)(H,99,110)(H,100,111)(H,115,116)/t50-,60-,61-,62-,63-,64-,65-,66-,67-,68+/m0/s1. The first-order valence-electron chi connectivity index (χ1n) is 39.1. The Morgan fingerprint density at radius 2 is 0.966 bits per heavy atom. The molecule has 1 fully saturated rings. The molecule has 33 nitrogen and oxygen atoms in total. The van der Waals surface area contributed by atoms with Crippen molar-refractivity contribution in [2.45, 2.75) is 204 Å². The van der Waals surface area contributed by atoms with Gasteiger partial charge in [0.1, 0.15) is 72.1 Å². The summed E-state index contributed by atoms with van der Waals surface area (Å²) in [7, 11) is 0. The number of carbonyl (C=O) groups is 13. The minimum absolute atomic E-state index is 0.000651. The molecule has 0 aliphatic carbocycles. The topological polar surface area (TPSA) is 501 Å². The molecule has 116 heavy (non-hydrogen) atoms. The van der Waals surface area contributed by atoms with Crippen molar-refractivity contribution in [3.05, 3.63) is 161 Å². The number of pyridine rings is 3. The number of aromatic nitrogens is 3. The number of unbranched alkanes of at least 4 members (excludes halogenated alkanes) is 3. The zero-order valence-electron chi connectivity index (χ0n) is 66.2. The van der Waals surface area contributed by atoms with Gasteiger partial charge in [-0.1, -0.05) is 100.0 Å². The molecule has 3 aromatic heterocycles. The average Bonchev–Trinajstić information content (AvgIpc) is 1.24. The molecular formula is C82H109ClN18O15. The highest BCUT2D eigenvalue weighted by atomic mass is 35.5. The molecule has 10 atom stereocenters. The second-order valence-electron chi connectivity index (χ2n) is 29.5. The Hall–Kier alpha value is -11.7. The molecule has 1 aliphatic rings. The molecule has 34 heteroatoms. The summed E-state index contributed by atoms with van der Waals surface area (Å²) in [5, 5.41) is 56.0. The zero-order chi connectivity index (χ0) is 84.4. The second-order valence-corrected chi connectivity index (χ2v) is 30.0. The summed E-state index contributed by atoms with van der Waals surface area (Å²) in [5.41, 5.74) is 13.8. The number of amides is 12. The number of anilines is 2. The van der Waals surface area contributed by atoms with E-state index in [1.807, 2.05) is 56.3 Å². The van der Waals surface area contributed by atoms with Crippen molar-refractivity contribution >= 4 is 111 Å². The number of nitrogen functional groups attached to an aromatic ring is 2. The highest BCUT2D eigenvalue weighted by molar-refractivity contribution is 6.30. The zero-order valence-corrected chi connectivity index (χ0v) is 67.0. The number of carboxylic acids is 1. The summed E-state index contributed by atoms with van der Waals surface area (Å²) in [6.45, 7) is 9.79. The van der Waals surface area contributed by atoms with E-state index in [2.05, 4.69) is 78.8 Å². The number of nitrogens with zero attached hydrogens (tertiary/aromatic N) is 4. The third kappa shape index (κ3) is 29.6. The summed E-state index contributed by atoms with van der Waals surface area (Å²) < 4.78 is 0. The van der Waals surface area contributed by atoms with Crippen LogP contribution in [0.1, 0.15) is 156 Å². The molecule has 4 heterocycles. The molecule has 6 aromatic rings. The second kappa shape index (κ2) is 46.6. The normalized spacial score (nSPS) is 14.8. The number of fused-ring (bicyclic) bond motifs is 1. The number of likely N-dealkylation sites (tertiary alicyclic amines) is 1. The number of aliphatic hydroxyl groups is 1. The molecular weight excluding hydrogens is 1510 g/mol. The number of nitrogens with one attached hydrogen (secondary N) is 12. The van der Waals surface area contributed by atoms with Crippen molar-refractivity contribution in [2.24, 2.45) is 5.92 Å². The highest BCUT2D eigenvalue weighted by Crippen LogP contribution is 2.23. The first-order valence-corrected chi connectivity index (χ1v) is 39.5. The van der Waals surface area contributed by atoms with E-state index in [4.69, 9.17) is 23.1 Å². The third-order valence-electron chi connectivity index (χ3n) is 19.4. The fourth-order valence-corrected chi connectivity index (χ4v) is 13.3. The molecule has 12 amide bonds. The minimum atomic E-state index is -1.86. The molecule has 18 N–H and O–H groups in total. The van der Waals surface area contributed by atoms with Gasteiger partial charge in [-0.25, -0.2) is 9.97 Å². The Morgan fingerprint density at radius 3 is 1.49 bits per heavy atom. The Labute approximate surface area is 679 Å². The van der Waals surface area contributed by atoms with E-state index in [1.54, 1.807) is 50.2 Å². The molecule has 0 spiro atoms. The average molecular weight is 1620 g/mol. The van der Waals surface area contributed by atoms with Gasteiger partial charge in [-0.15, -0.1) is 0 Å². The number of hydrogen-bond acceptors (Lipinski definition) is 20. The number of rotatable bonds is 46. The van der Waals surface area contributed by atoms with Gasteiger partial charge in [0.2, 0.25) is 59.1 Å². The van der Waals surface area contributed by atoms with Gasteiger partial charge in [0.25, 0.3) is 11.8 Å². The molecule has 0 saturated carbocycles. The van der Waals surface area contributed by atoms with Crippen LogP contribution in [0.3, 0.4) is 0 Å². The van der Waals surface area contributed by atoms with Gasteiger partial charge in [0, 0.05) is 81.7 Å². The smallest absolute Gasteiger partial charge is 0.325 e. The van der Waals surface area contributed by atoms with E-state index >= 15 is 9.59 Å². The van der Waals surface area contributed by atoms with Gasteiger partial charge in [-0.2, -0.15) is 0 Å². The van der Waals surface area contributed by atoms with Crippen molar-refractivity contribution < 1.29 is 72.5 Å². The number of carboxylic acid groups (broad SMARTS) is 1. The Bertz CT molecular complexity index is 4350. The van der Waals surface area contributed by atoms with Crippen LogP contribution in [-0.2, 0) is 72.0 Å². The van der Waals surface area contributed by atoms with Crippen LogP contribution < -0.4 is 75.3 Å². The first kappa shape index (κ1) is 91.5. The van der Waals surface area contributed by atoms with Crippen LogP contribution in [0, 0.1) is 5.92 Å². The van der Waals surface area contributed by atoms with Crippen LogP contribution in [0.5, 0.6) is 0 Å². The van der Waals surface area contributed by atoms with Crippen LogP contribution in [0.2, 0.25) is 5.02 Å². The maximum Gasteiger partial charge on any atom is 0.325 e. The van der Waals surface area contributed by atoms with Gasteiger partial charge in [-0.3, -0.25) is 67.3 Å². The molecule has 1 saturated heterocycles. The Kier molecular flexibility index (Phi) is 36.7. The maximum absolute atomic E-state index is 15.2. The molecule has 0 unspecified atom stereocenters. The van der Waals surface area contributed by atoms with Crippen LogP contribution in [0.25, 0.3) is 10.8 Å². The lowest BCUT2D eigenvalue weighted by Crippen LogP contribution is -2.61. The molecule has 3 aromatic carbocycles. The molecule has 1 aliphatic heterocycles. The lowest BCUT2D eigenvalue weighted by molar-refractivity contribution is -0.144. The summed E-state index contributed by atoms with van der Waals surface area (Å²) >= 11 is 6.27. The van der Waals surface area contributed by atoms with E-state index in [9.17, 15) is 63.0 Å². The van der Waals surface area contributed by atoms with Gasteiger partial charge >= 0.3 is 5.97 Å². The van der Waals surface area contributed by atoms with Crippen LogP contribution in [0.15, 0.2) is 128 Å². The molecule has 7 rings (SSSR count). The number of halogens is 1. The number of nitrogens with two attached hydrogens (primary N) is 2. The van der Waals surface area contributed by atoms with Gasteiger partial charge in [0.05, 0.1) is 17.7 Å². The van der Waals surface area contributed by atoms with Crippen LogP contribution in [0.4, 0.5) is 11.6 Å². The van der Waals surface area contributed by atoms with E-state index < -0.39 is 144 Å². The van der Waals surface area contributed by atoms with Crippen molar-refractivity contribution in [1.82, 2.24) is 83.7 Å². The van der Waals surface area contributed by atoms with Crippen molar-refractivity contribution in [2.75, 3.05) is 44.3 Å². The van der Waals surface area contributed by atoms with E-state index in [0.29, 0.717) is 47.5 Å². The van der Waals surface area contributed by atoms with Crippen LogP contribution >= 0.6 is 11.6 Å². The number of aliphatic hydroxyl groups excluding tert-OH is 1. The quantitative estimate of drug-likeness (QED) is 0.0244. The van der Waals surface area contributed by atoms with E-state index in [-0.39, 0.29) is 131 Å².